The van der Waals surface area contributed by atoms with Gasteiger partial charge in [-0.2, -0.15) is 0 Å². The fraction of sp³-hybridized carbons (Fsp3) is 0.778. The molecule has 0 saturated carbocycles. The maximum absolute atomic E-state index is 10.1. The smallest absolute Gasteiger partial charge is 0.335 e. The van der Waals surface area contributed by atoms with Crippen LogP contribution in [0, 0.1) is 0 Å². The lowest BCUT2D eigenvalue weighted by molar-refractivity contribution is -0.164. The van der Waals surface area contributed by atoms with Gasteiger partial charge in [-0.15, -0.1) is 0 Å². The maximum Gasteiger partial charge on any atom is 0.335 e. The van der Waals surface area contributed by atoms with Crippen LogP contribution < -0.4 is 0 Å². The summed E-state index contributed by atoms with van der Waals surface area (Å²) in [5, 5.41) is 67.6. The van der Waals surface area contributed by atoms with Gasteiger partial charge in [0.05, 0.1) is 6.61 Å². The van der Waals surface area contributed by atoms with Crippen LogP contribution >= 0.6 is 0 Å². The van der Waals surface area contributed by atoms with E-state index in [9.17, 15) is 9.59 Å². The molecule has 0 fully saturated rings. The first-order valence-corrected chi connectivity index (χ1v) is 5.03. The fourth-order valence-corrected chi connectivity index (χ4v) is 0.668. The minimum absolute atomic E-state index is 0.843. The van der Waals surface area contributed by atoms with Crippen LogP contribution in [0.1, 0.15) is 6.92 Å². The Morgan fingerprint density at radius 2 is 1.26 bits per heavy atom. The number of aliphatic hydroxyl groups is 6. The van der Waals surface area contributed by atoms with Crippen LogP contribution in [0.5, 0.6) is 0 Å². The van der Waals surface area contributed by atoms with Gasteiger partial charge in [0.1, 0.15) is 24.4 Å². The van der Waals surface area contributed by atoms with E-state index in [2.05, 4.69) is 0 Å². The summed E-state index contributed by atoms with van der Waals surface area (Å²) in [6, 6.07) is 0. The topological polar surface area (TPSA) is 196 Å². The largest absolute Gasteiger partial charge is 0.479 e. The van der Waals surface area contributed by atoms with Crippen molar-refractivity contribution < 1.29 is 50.4 Å². The van der Waals surface area contributed by atoms with Crippen LogP contribution in [0.4, 0.5) is 0 Å². The van der Waals surface area contributed by atoms with E-state index < -0.39 is 49.1 Å². The van der Waals surface area contributed by atoms with Crippen LogP contribution in [0.25, 0.3) is 0 Å². The molecule has 0 rings (SSSR count). The molecular formula is C9H18O10. The van der Waals surface area contributed by atoms with Crippen molar-refractivity contribution in [2.24, 2.45) is 0 Å². The Kier molecular flexibility index (Phi) is 10.1. The van der Waals surface area contributed by atoms with Gasteiger partial charge in [-0.05, 0) is 6.92 Å². The van der Waals surface area contributed by atoms with Gasteiger partial charge < -0.3 is 40.9 Å². The standard InChI is InChI=1S/C6H12O7.C3H6O3/c7-1-2(8)3(9)4(10)5(11)6(12)13;1-2(4)3(5)6/h2-5,7-11H,1H2,(H,12,13);2,4H,1H3,(H,5,6). The number of aliphatic carboxylic acids is 2. The van der Waals surface area contributed by atoms with Crippen LogP contribution in [-0.2, 0) is 9.59 Å². The van der Waals surface area contributed by atoms with E-state index in [1.54, 1.807) is 0 Å². The lowest BCUT2D eigenvalue weighted by Crippen LogP contribution is -2.48. The van der Waals surface area contributed by atoms with E-state index in [1.165, 1.54) is 6.92 Å². The molecule has 0 aromatic heterocycles. The molecule has 0 saturated heterocycles. The Labute approximate surface area is 107 Å². The van der Waals surface area contributed by atoms with Gasteiger partial charge in [-0.3, -0.25) is 0 Å². The Morgan fingerprint density at radius 3 is 1.47 bits per heavy atom. The molecule has 10 nitrogen and oxygen atoms in total. The SMILES string of the molecule is CC(O)C(=O)O.O=C(O)C(O)C(O)C(O)C(O)CO. The van der Waals surface area contributed by atoms with Crippen molar-refractivity contribution in [2.75, 3.05) is 6.61 Å². The van der Waals surface area contributed by atoms with Gasteiger partial charge in [-0.1, -0.05) is 0 Å². The highest BCUT2D eigenvalue weighted by Crippen LogP contribution is 2.04. The Morgan fingerprint density at radius 1 is 0.895 bits per heavy atom. The van der Waals surface area contributed by atoms with Crippen molar-refractivity contribution in [3.63, 3.8) is 0 Å². The molecule has 0 aliphatic rings. The number of aliphatic hydroxyl groups excluding tert-OH is 6. The third-order valence-electron chi connectivity index (χ3n) is 1.87. The average Bonchev–Trinajstić information content (AvgIpc) is 2.35. The number of carbonyl (C=O) groups is 2. The van der Waals surface area contributed by atoms with E-state index >= 15 is 0 Å². The highest BCUT2D eigenvalue weighted by atomic mass is 16.4. The summed E-state index contributed by atoms with van der Waals surface area (Å²) >= 11 is 0. The number of hydrogen-bond acceptors (Lipinski definition) is 8. The molecule has 114 valence electrons. The molecule has 5 atom stereocenters. The van der Waals surface area contributed by atoms with Crippen LogP contribution in [0.2, 0.25) is 0 Å². The quantitative estimate of drug-likeness (QED) is 0.238. The molecule has 0 aliphatic carbocycles. The van der Waals surface area contributed by atoms with Crippen molar-refractivity contribution in [3.05, 3.63) is 0 Å². The maximum atomic E-state index is 10.1. The van der Waals surface area contributed by atoms with Crippen molar-refractivity contribution in [1.29, 1.82) is 0 Å². The first-order valence-electron chi connectivity index (χ1n) is 5.03. The molecule has 10 heteroatoms. The molecule has 5 unspecified atom stereocenters. The molecule has 0 radical (unpaired) electrons. The average molecular weight is 286 g/mol. The van der Waals surface area contributed by atoms with Gasteiger partial charge in [0, 0.05) is 0 Å². The second kappa shape index (κ2) is 9.61. The van der Waals surface area contributed by atoms with E-state index in [0.717, 1.165) is 0 Å². The van der Waals surface area contributed by atoms with E-state index in [-0.39, 0.29) is 0 Å². The number of hydrogen-bond donors (Lipinski definition) is 8. The molecule has 19 heavy (non-hydrogen) atoms. The second-order valence-electron chi connectivity index (χ2n) is 3.53. The molecule has 0 spiro atoms. The van der Waals surface area contributed by atoms with Crippen LogP contribution in [0.3, 0.4) is 0 Å². The van der Waals surface area contributed by atoms with E-state index in [0.29, 0.717) is 0 Å². The van der Waals surface area contributed by atoms with Gasteiger partial charge in [0.25, 0.3) is 0 Å². The molecule has 0 aromatic rings. The summed E-state index contributed by atoms with van der Waals surface area (Å²) in [6.07, 6.45) is -9.07. The van der Waals surface area contributed by atoms with Crippen LogP contribution in [0.15, 0.2) is 0 Å². The third-order valence-corrected chi connectivity index (χ3v) is 1.87. The lowest BCUT2D eigenvalue weighted by atomic mass is 10.0. The van der Waals surface area contributed by atoms with E-state index in [1.807, 2.05) is 0 Å². The molecule has 0 aromatic carbocycles. The van der Waals surface area contributed by atoms with Crippen molar-refractivity contribution in [3.8, 4) is 0 Å². The minimum atomic E-state index is -2.20. The molecule has 8 N–H and O–H groups in total. The van der Waals surface area contributed by atoms with Gasteiger partial charge >= 0.3 is 11.9 Å². The van der Waals surface area contributed by atoms with Crippen molar-refractivity contribution in [1.82, 2.24) is 0 Å². The van der Waals surface area contributed by atoms with Crippen LogP contribution in [-0.4, -0.2) is 89.9 Å². The van der Waals surface area contributed by atoms with Gasteiger partial charge in [-0.25, -0.2) is 9.59 Å². The first kappa shape index (κ1) is 20.0. The number of rotatable bonds is 6. The molecule has 0 amide bonds. The predicted molar refractivity (Wildman–Crippen MR) is 58.1 cm³/mol. The van der Waals surface area contributed by atoms with E-state index in [4.69, 9.17) is 40.9 Å². The zero-order valence-electron chi connectivity index (χ0n) is 9.99. The zero-order valence-corrected chi connectivity index (χ0v) is 9.99. The summed E-state index contributed by atoms with van der Waals surface area (Å²) in [7, 11) is 0. The Bertz CT molecular complexity index is 278. The highest BCUT2D eigenvalue weighted by Gasteiger charge is 2.33. The minimum Gasteiger partial charge on any atom is -0.479 e. The summed E-state index contributed by atoms with van der Waals surface area (Å²) in [4.78, 5) is 19.5. The number of carboxylic acids is 2. The fourth-order valence-electron chi connectivity index (χ4n) is 0.668. The third kappa shape index (κ3) is 8.42. The Hall–Kier alpha value is -1.30. The summed E-state index contributed by atoms with van der Waals surface area (Å²) < 4.78 is 0. The van der Waals surface area contributed by atoms with Gasteiger partial charge in [0.15, 0.2) is 6.10 Å². The van der Waals surface area contributed by atoms with Gasteiger partial charge in [0.2, 0.25) is 0 Å². The first-order chi connectivity index (χ1) is 8.56. The summed E-state index contributed by atoms with van der Waals surface area (Å²) in [5.41, 5.74) is 0. The predicted octanol–water partition coefficient (Wildman–Crippen LogP) is -4.04. The second-order valence-corrected chi connectivity index (χ2v) is 3.53. The lowest BCUT2D eigenvalue weighted by Gasteiger charge is -2.23. The molecule has 0 aliphatic heterocycles. The van der Waals surface area contributed by atoms with Crippen molar-refractivity contribution in [2.45, 2.75) is 37.4 Å². The monoisotopic (exact) mass is 286 g/mol. The van der Waals surface area contributed by atoms with Crippen molar-refractivity contribution >= 4 is 11.9 Å². The number of carboxylic acid groups (broad SMARTS) is 2. The molecule has 0 bridgehead atoms. The summed E-state index contributed by atoms with van der Waals surface area (Å²) in [5.74, 6) is -2.91. The normalized spacial score (nSPS) is 18.3. The zero-order chi connectivity index (χ0) is 15.7. The molecular weight excluding hydrogens is 268 g/mol. The Balaban J connectivity index is 0. The summed E-state index contributed by atoms with van der Waals surface area (Å²) in [6.45, 7) is 0.354. The highest BCUT2D eigenvalue weighted by molar-refractivity contribution is 5.72. The molecule has 0 heterocycles.